The standard InChI is InChI=1S/C28H32N2O4S/c1-3-25(23-18-17-21-11-7-8-12-22(21)19-23)29-28(31)20-30(26-15-9-10-16-27(26)34-2)35(32,33)24-13-5-4-6-14-24/h4-6,9-10,13-19,25H,3,7-8,11-12,20H2,1-2H3,(H,29,31)/t25-/m1/s1. The third-order valence-corrected chi connectivity index (χ3v) is 8.26. The first-order chi connectivity index (χ1) is 16.9. The van der Waals surface area contributed by atoms with E-state index in [1.165, 1.54) is 43.2 Å². The van der Waals surface area contributed by atoms with Crippen molar-refractivity contribution in [1.82, 2.24) is 5.32 Å². The second-order valence-electron chi connectivity index (χ2n) is 8.76. The first-order valence-corrected chi connectivity index (χ1v) is 13.5. The van der Waals surface area contributed by atoms with E-state index in [1.807, 2.05) is 6.92 Å². The highest BCUT2D eigenvalue weighted by Gasteiger charge is 2.30. The first kappa shape index (κ1) is 24.8. The fourth-order valence-electron chi connectivity index (χ4n) is 4.62. The molecule has 0 aliphatic heterocycles. The van der Waals surface area contributed by atoms with Gasteiger partial charge in [0.1, 0.15) is 12.3 Å². The summed E-state index contributed by atoms with van der Waals surface area (Å²) in [5.74, 6) is 0.00141. The van der Waals surface area contributed by atoms with Gasteiger partial charge in [-0.15, -0.1) is 0 Å². The number of carbonyl (C=O) groups is 1. The number of sulfonamides is 1. The van der Waals surface area contributed by atoms with Crippen LogP contribution >= 0.6 is 0 Å². The Balaban J connectivity index is 1.62. The predicted molar refractivity (Wildman–Crippen MR) is 138 cm³/mol. The lowest BCUT2D eigenvalue weighted by atomic mass is 9.89. The van der Waals surface area contributed by atoms with Gasteiger partial charge in [-0.1, -0.05) is 55.5 Å². The van der Waals surface area contributed by atoms with E-state index < -0.39 is 10.0 Å². The molecule has 6 nitrogen and oxygen atoms in total. The number of amides is 1. The van der Waals surface area contributed by atoms with E-state index in [2.05, 4.69) is 23.5 Å². The van der Waals surface area contributed by atoms with Gasteiger partial charge in [-0.2, -0.15) is 0 Å². The molecule has 1 N–H and O–H groups in total. The van der Waals surface area contributed by atoms with Crippen LogP contribution in [0.2, 0.25) is 0 Å². The molecule has 0 radical (unpaired) electrons. The molecule has 4 rings (SSSR count). The lowest BCUT2D eigenvalue weighted by Gasteiger charge is -2.27. The van der Waals surface area contributed by atoms with E-state index in [1.54, 1.807) is 42.5 Å². The summed E-state index contributed by atoms with van der Waals surface area (Å²) in [4.78, 5) is 13.4. The van der Waals surface area contributed by atoms with Crippen molar-refractivity contribution in [3.63, 3.8) is 0 Å². The quantitative estimate of drug-likeness (QED) is 0.454. The van der Waals surface area contributed by atoms with Crippen LogP contribution in [0.4, 0.5) is 5.69 Å². The fraction of sp³-hybridized carbons (Fsp3) is 0.321. The molecule has 3 aromatic rings. The number of nitrogens with zero attached hydrogens (tertiary/aromatic N) is 1. The van der Waals surface area contributed by atoms with Gasteiger partial charge in [0.2, 0.25) is 5.91 Å². The van der Waals surface area contributed by atoms with Gasteiger partial charge in [0.05, 0.1) is 23.7 Å². The Labute approximate surface area is 208 Å². The van der Waals surface area contributed by atoms with Gasteiger partial charge < -0.3 is 10.1 Å². The molecule has 0 saturated heterocycles. The third-order valence-electron chi connectivity index (χ3n) is 6.49. The number of ether oxygens (including phenoxy) is 1. The molecule has 0 aromatic heterocycles. The van der Waals surface area contributed by atoms with E-state index in [0.717, 1.165) is 22.7 Å². The number of benzene rings is 3. The van der Waals surface area contributed by atoms with Gasteiger partial charge in [0, 0.05) is 0 Å². The SMILES string of the molecule is CC[C@@H](NC(=O)CN(c1ccccc1OC)S(=O)(=O)c1ccccc1)c1ccc2c(c1)CCCC2. The van der Waals surface area contributed by atoms with Gasteiger partial charge in [0.15, 0.2) is 0 Å². The zero-order valence-electron chi connectivity index (χ0n) is 20.2. The molecule has 0 fully saturated rings. The monoisotopic (exact) mass is 492 g/mol. The number of hydrogen-bond acceptors (Lipinski definition) is 4. The van der Waals surface area contributed by atoms with Crippen LogP contribution in [0, 0.1) is 0 Å². The average Bonchev–Trinajstić information content (AvgIpc) is 2.90. The number of aryl methyl sites for hydroxylation is 2. The van der Waals surface area contributed by atoms with Gasteiger partial charge in [-0.05, 0) is 73.1 Å². The normalized spacial score (nSPS) is 14.0. The van der Waals surface area contributed by atoms with Crippen molar-refractivity contribution in [2.75, 3.05) is 18.0 Å². The first-order valence-electron chi connectivity index (χ1n) is 12.1. The van der Waals surface area contributed by atoms with Gasteiger partial charge >= 0.3 is 0 Å². The fourth-order valence-corrected chi connectivity index (χ4v) is 6.07. The molecule has 1 atom stereocenters. The molecule has 1 amide bonds. The number of anilines is 1. The highest BCUT2D eigenvalue weighted by atomic mass is 32.2. The summed E-state index contributed by atoms with van der Waals surface area (Å²) >= 11 is 0. The summed E-state index contributed by atoms with van der Waals surface area (Å²) in [5.41, 5.74) is 4.10. The zero-order valence-corrected chi connectivity index (χ0v) is 21.1. The van der Waals surface area contributed by atoms with Gasteiger partial charge in [-0.3, -0.25) is 9.10 Å². The molecule has 0 saturated carbocycles. The molecule has 7 heteroatoms. The summed E-state index contributed by atoms with van der Waals surface area (Å²) in [7, 11) is -2.53. The van der Waals surface area contributed by atoms with Gasteiger partial charge in [0.25, 0.3) is 10.0 Å². The third kappa shape index (κ3) is 5.51. The smallest absolute Gasteiger partial charge is 0.264 e. The van der Waals surface area contributed by atoms with Crippen molar-refractivity contribution in [2.45, 2.75) is 50.0 Å². The largest absolute Gasteiger partial charge is 0.495 e. The Morgan fingerprint density at radius 1 is 0.971 bits per heavy atom. The molecule has 35 heavy (non-hydrogen) atoms. The van der Waals surface area contributed by atoms with Crippen molar-refractivity contribution in [3.8, 4) is 5.75 Å². The van der Waals surface area contributed by atoms with Crippen molar-refractivity contribution in [3.05, 3.63) is 89.5 Å². The Bertz CT molecular complexity index is 1280. The molecule has 0 spiro atoms. The lowest BCUT2D eigenvalue weighted by molar-refractivity contribution is -0.120. The van der Waals surface area contributed by atoms with E-state index in [0.29, 0.717) is 17.9 Å². The zero-order chi connectivity index (χ0) is 24.8. The molecule has 184 valence electrons. The topological polar surface area (TPSA) is 75.7 Å². The van der Waals surface area contributed by atoms with Crippen LogP contribution in [0.15, 0.2) is 77.7 Å². The van der Waals surface area contributed by atoms with E-state index in [-0.39, 0.29) is 23.4 Å². The summed E-state index contributed by atoms with van der Waals surface area (Å²) in [6.07, 6.45) is 5.26. The molecule has 1 aliphatic carbocycles. The number of nitrogens with one attached hydrogen (secondary N) is 1. The van der Waals surface area contributed by atoms with Crippen molar-refractivity contribution < 1.29 is 17.9 Å². The van der Waals surface area contributed by atoms with E-state index >= 15 is 0 Å². The molecule has 3 aromatic carbocycles. The Morgan fingerprint density at radius 2 is 1.66 bits per heavy atom. The minimum absolute atomic E-state index is 0.112. The predicted octanol–water partition coefficient (Wildman–Crippen LogP) is 5.04. The van der Waals surface area contributed by atoms with Crippen molar-refractivity contribution in [1.29, 1.82) is 0 Å². The number of fused-ring (bicyclic) bond motifs is 1. The maximum atomic E-state index is 13.6. The minimum Gasteiger partial charge on any atom is -0.495 e. The Kier molecular flexibility index (Phi) is 7.76. The van der Waals surface area contributed by atoms with Crippen LogP contribution in [-0.4, -0.2) is 28.0 Å². The second-order valence-corrected chi connectivity index (χ2v) is 10.6. The van der Waals surface area contributed by atoms with Crippen LogP contribution in [0.1, 0.15) is 48.9 Å². The van der Waals surface area contributed by atoms with Crippen molar-refractivity contribution in [2.24, 2.45) is 0 Å². The minimum atomic E-state index is -4.01. The summed E-state index contributed by atoms with van der Waals surface area (Å²) in [6, 6.07) is 21.2. The lowest BCUT2D eigenvalue weighted by Crippen LogP contribution is -2.42. The average molecular weight is 493 g/mol. The maximum Gasteiger partial charge on any atom is 0.264 e. The number of rotatable bonds is 9. The molecule has 0 bridgehead atoms. The molecule has 1 aliphatic rings. The number of methoxy groups -OCH3 is 1. The van der Waals surface area contributed by atoms with Crippen LogP contribution in [-0.2, 0) is 27.7 Å². The number of carbonyl (C=O) groups excluding carboxylic acids is 1. The Morgan fingerprint density at radius 3 is 2.37 bits per heavy atom. The van der Waals surface area contributed by atoms with Crippen LogP contribution in [0.25, 0.3) is 0 Å². The second kappa shape index (κ2) is 11.0. The van der Waals surface area contributed by atoms with E-state index in [4.69, 9.17) is 4.74 Å². The highest BCUT2D eigenvalue weighted by molar-refractivity contribution is 7.92. The Hall–Kier alpha value is -3.32. The maximum absolute atomic E-state index is 13.6. The highest BCUT2D eigenvalue weighted by Crippen LogP contribution is 2.32. The molecular weight excluding hydrogens is 460 g/mol. The molecular formula is C28H32N2O4S. The van der Waals surface area contributed by atoms with Crippen molar-refractivity contribution >= 4 is 21.6 Å². The number of hydrogen-bond donors (Lipinski definition) is 1. The van der Waals surface area contributed by atoms with E-state index in [9.17, 15) is 13.2 Å². The summed E-state index contributed by atoms with van der Waals surface area (Å²) < 4.78 is 33.8. The summed E-state index contributed by atoms with van der Waals surface area (Å²) in [5, 5.41) is 3.07. The number of para-hydroxylation sites is 2. The molecule has 0 unspecified atom stereocenters. The van der Waals surface area contributed by atoms with Gasteiger partial charge in [-0.25, -0.2) is 8.42 Å². The van der Waals surface area contributed by atoms with Crippen LogP contribution in [0.3, 0.4) is 0 Å². The molecule has 0 heterocycles. The van der Waals surface area contributed by atoms with Crippen LogP contribution in [0.5, 0.6) is 5.75 Å². The summed E-state index contributed by atoms with van der Waals surface area (Å²) in [6.45, 7) is 1.65. The van der Waals surface area contributed by atoms with Crippen LogP contribution < -0.4 is 14.4 Å².